The Bertz CT molecular complexity index is 922. The highest BCUT2D eigenvalue weighted by atomic mass is 19.3. The SMILES string of the molecule is COC(=O)c1ccc(N2CCN(C(C)C(=O)Nc3ccc(OC(F)F)cc3)C(C)C2)cc1. The number of piperazine rings is 1. The van der Waals surface area contributed by atoms with Crippen LogP contribution in [0.4, 0.5) is 20.2 Å². The van der Waals surface area contributed by atoms with E-state index in [1.807, 2.05) is 19.1 Å². The Morgan fingerprint density at radius 2 is 1.72 bits per heavy atom. The van der Waals surface area contributed by atoms with Crippen molar-refractivity contribution >= 4 is 23.3 Å². The summed E-state index contributed by atoms with van der Waals surface area (Å²) in [7, 11) is 1.35. The van der Waals surface area contributed by atoms with E-state index in [2.05, 4.69) is 26.8 Å². The normalized spacial score (nSPS) is 17.7. The monoisotopic (exact) mass is 447 g/mol. The number of hydrogen-bond donors (Lipinski definition) is 1. The summed E-state index contributed by atoms with van der Waals surface area (Å²) in [6.45, 7) is 3.18. The molecule has 2 aromatic carbocycles. The maximum absolute atomic E-state index is 12.7. The van der Waals surface area contributed by atoms with Crippen LogP contribution in [-0.2, 0) is 9.53 Å². The quantitative estimate of drug-likeness (QED) is 0.654. The van der Waals surface area contributed by atoms with Crippen molar-refractivity contribution in [3.63, 3.8) is 0 Å². The fraction of sp³-hybridized carbons (Fsp3) is 0.391. The van der Waals surface area contributed by atoms with Crippen LogP contribution >= 0.6 is 0 Å². The number of benzene rings is 2. The fourth-order valence-corrected chi connectivity index (χ4v) is 3.82. The van der Waals surface area contributed by atoms with Gasteiger partial charge in [0.25, 0.3) is 0 Å². The van der Waals surface area contributed by atoms with E-state index in [9.17, 15) is 18.4 Å². The average Bonchev–Trinajstić information content (AvgIpc) is 2.79. The van der Waals surface area contributed by atoms with Gasteiger partial charge in [-0.15, -0.1) is 0 Å². The van der Waals surface area contributed by atoms with Crippen LogP contribution in [-0.4, -0.2) is 62.2 Å². The maximum Gasteiger partial charge on any atom is 0.387 e. The van der Waals surface area contributed by atoms with E-state index in [0.29, 0.717) is 17.8 Å². The molecule has 172 valence electrons. The number of alkyl halides is 2. The number of carbonyl (C=O) groups is 2. The van der Waals surface area contributed by atoms with Gasteiger partial charge in [-0.3, -0.25) is 9.69 Å². The molecule has 1 heterocycles. The number of rotatable bonds is 7. The van der Waals surface area contributed by atoms with Crippen molar-refractivity contribution in [2.45, 2.75) is 32.5 Å². The van der Waals surface area contributed by atoms with Crippen molar-refractivity contribution in [1.82, 2.24) is 4.90 Å². The van der Waals surface area contributed by atoms with E-state index < -0.39 is 6.61 Å². The molecule has 32 heavy (non-hydrogen) atoms. The number of methoxy groups -OCH3 is 1. The Morgan fingerprint density at radius 3 is 2.28 bits per heavy atom. The van der Waals surface area contributed by atoms with Gasteiger partial charge in [0.1, 0.15) is 5.75 Å². The highest BCUT2D eigenvalue weighted by Crippen LogP contribution is 2.23. The summed E-state index contributed by atoms with van der Waals surface area (Å²) in [5.41, 5.74) is 2.02. The molecule has 9 heteroatoms. The molecular weight excluding hydrogens is 420 g/mol. The van der Waals surface area contributed by atoms with Crippen LogP contribution in [0.2, 0.25) is 0 Å². The number of esters is 1. The molecule has 0 aromatic heterocycles. The molecule has 0 aliphatic carbocycles. The summed E-state index contributed by atoms with van der Waals surface area (Å²) in [5, 5.41) is 2.82. The molecule has 0 saturated carbocycles. The Kier molecular flexibility index (Phi) is 7.63. The van der Waals surface area contributed by atoms with Crippen LogP contribution in [0.15, 0.2) is 48.5 Å². The van der Waals surface area contributed by atoms with Gasteiger partial charge in [0.15, 0.2) is 0 Å². The third kappa shape index (κ3) is 5.73. The standard InChI is InChI=1S/C23H27F2N3O4/c1-15-14-27(19-8-4-17(5-9-19)22(30)31-3)12-13-28(15)16(2)21(29)26-18-6-10-20(11-7-18)32-23(24)25/h4-11,15-16,23H,12-14H2,1-3H3,(H,26,29). The van der Waals surface area contributed by atoms with Gasteiger partial charge < -0.3 is 19.7 Å². The summed E-state index contributed by atoms with van der Waals surface area (Å²) in [4.78, 5) is 28.7. The summed E-state index contributed by atoms with van der Waals surface area (Å²) in [5.74, 6) is -0.503. The van der Waals surface area contributed by atoms with E-state index in [4.69, 9.17) is 4.74 Å². The second-order valence-electron chi connectivity index (χ2n) is 7.64. The van der Waals surface area contributed by atoms with Crippen molar-refractivity contribution in [2.75, 3.05) is 37.0 Å². The zero-order valence-electron chi connectivity index (χ0n) is 18.3. The Hall–Kier alpha value is -3.20. The molecule has 2 aromatic rings. The van der Waals surface area contributed by atoms with E-state index in [0.717, 1.165) is 18.8 Å². The zero-order chi connectivity index (χ0) is 23.3. The maximum atomic E-state index is 12.7. The number of hydrogen-bond acceptors (Lipinski definition) is 6. The third-order valence-electron chi connectivity index (χ3n) is 5.56. The van der Waals surface area contributed by atoms with E-state index >= 15 is 0 Å². The lowest BCUT2D eigenvalue weighted by atomic mass is 10.1. The highest BCUT2D eigenvalue weighted by molar-refractivity contribution is 5.94. The largest absolute Gasteiger partial charge is 0.465 e. The van der Waals surface area contributed by atoms with Gasteiger partial charge in [0.05, 0.1) is 18.7 Å². The summed E-state index contributed by atoms with van der Waals surface area (Å²) in [6.07, 6.45) is 0. The lowest BCUT2D eigenvalue weighted by Crippen LogP contribution is -2.57. The number of carbonyl (C=O) groups excluding carboxylic acids is 2. The zero-order valence-corrected chi connectivity index (χ0v) is 18.3. The van der Waals surface area contributed by atoms with Gasteiger partial charge in [-0.05, 0) is 62.4 Å². The smallest absolute Gasteiger partial charge is 0.387 e. The minimum absolute atomic E-state index is 0.0374. The van der Waals surface area contributed by atoms with Crippen molar-refractivity contribution in [3.05, 3.63) is 54.1 Å². The number of anilines is 2. The molecule has 7 nitrogen and oxygen atoms in total. The fourth-order valence-electron chi connectivity index (χ4n) is 3.82. The van der Waals surface area contributed by atoms with E-state index in [1.54, 1.807) is 12.1 Å². The number of nitrogens with one attached hydrogen (secondary N) is 1. The first-order valence-corrected chi connectivity index (χ1v) is 10.3. The first kappa shape index (κ1) is 23.5. The van der Waals surface area contributed by atoms with Crippen molar-refractivity contribution in [2.24, 2.45) is 0 Å². The minimum Gasteiger partial charge on any atom is -0.465 e. The average molecular weight is 447 g/mol. The van der Waals surface area contributed by atoms with Crippen LogP contribution in [0, 0.1) is 0 Å². The van der Waals surface area contributed by atoms with Gasteiger partial charge in [0, 0.05) is 37.1 Å². The molecule has 1 N–H and O–H groups in total. The first-order chi connectivity index (χ1) is 15.3. The second kappa shape index (κ2) is 10.4. The van der Waals surface area contributed by atoms with Crippen molar-refractivity contribution in [1.29, 1.82) is 0 Å². The predicted octanol–water partition coefficient (Wildman–Crippen LogP) is 3.61. The topological polar surface area (TPSA) is 71.1 Å². The highest BCUT2D eigenvalue weighted by Gasteiger charge is 2.31. The lowest BCUT2D eigenvalue weighted by Gasteiger charge is -2.43. The Balaban J connectivity index is 1.56. The number of nitrogens with zero attached hydrogens (tertiary/aromatic N) is 2. The molecule has 0 bridgehead atoms. The van der Waals surface area contributed by atoms with E-state index in [1.165, 1.54) is 31.4 Å². The van der Waals surface area contributed by atoms with Gasteiger partial charge in [-0.1, -0.05) is 0 Å². The number of halogens is 2. The molecule has 1 amide bonds. The lowest BCUT2D eigenvalue weighted by molar-refractivity contribution is -0.121. The molecular formula is C23H27F2N3O4. The summed E-state index contributed by atoms with van der Waals surface area (Å²) in [6, 6.07) is 12.9. The number of ether oxygens (including phenoxy) is 2. The first-order valence-electron chi connectivity index (χ1n) is 10.3. The van der Waals surface area contributed by atoms with Crippen LogP contribution in [0.3, 0.4) is 0 Å². The minimum atomic E-state index is -2.89. The number of amides is 1. The van der Waals surface area contributed by atoms with Crippen LogP contribution < -0.4 is 15.0 Å². The Labute approximate surface area is 185 Å². The van der Waals surface area contributed by atoms with Gasteiger partial charge >= 0.3 is 12.6 Å². The molecule has 2 unspecified atom stereocenters. The molecule has 1 aliphatic rings. The second-order valence-corrected chi connectivity index (χ2v) is 7.64. The molecule has 0 radical (unpaired) electrons. The molecule has 1 saturated heterocycles. The molecule has 3 rings (SSSR count). The van der Waals surface area contributed by atoms with Gasteiger partial charge in [0.2, 0.25) is 5.91 Å². The summed E-state index contributed by atoms with van der Waals surface area (Å²) < 4.78 is 33.6. The van der Waals surface area contributed by atoms with Gasteiger partial charge in [-0.2, -0.15) is 8.78 Å². The van der Waals surface area contributed by atoms with Crippen LogP contribution in [0.25, 0.3) is 0 Å². The van der Waals surface area contributed by atoms with E-state index in [-0.39, 0.29) is 29.7 Å². The van der Waals surface area contributed by atoms with Crippen LogP contribution in [0.5, 0.6) is 5.75 Å². The third-order valence-corrected chi connectivity index (χ3v) is 5.56. The molecule has 2 atom stereocenters. The van der Waals surface area contributed by atoms with Crippen LogP contribution in [0.1, 0.15) is 24.2 Å². The van der Waals surface area contributed by atoms with Gasteiger partial charge in [-0.25, -0.2) is 4.79 Å². The van der Waals surface area contributed by atoms with Crippen molar-refractivity contribution < 1.29 is 27.8 Å². The summed E-state index contributed by atoms with van der Waals surface area (Å²) >= 11 is 0. The molecule has 1 aliphatic heterocycles. The predicted molar refractivity (Wildman–Crippen MR) is 117 cm³/mol. The molecule has 1 fully saturated rings. The molecule has 0 spiro atoms. The Morgan fingerprint density at radius 1 is 1.06 bits per heavy atom. The van der Waals surface area contributed by atoms with Crippen molar-refractivity contribution in [3.8, 4) is 5.75 Å².